The van der Waals surface area contributed by atoms with Crippen molar-refractivity contribution in [2.45, 2.75) is 40.0 Å². The third-order valence-electron chi connectivity index (χ3n) is 2.99. The molecular formula is C18H22F6N2. The third kappa shape index (κ3) is 5.86. The molecule has 26 heavy (non-hydrogen) atoms. The van der Waals surface area contributed by atoms with Gasteiger partial charge in [0.2, 0.25) is 0 Å². The van der Waals surface area contributed by atoms with Gasteiger partial charge >= 0.3 is 12.4 Å². The molecule has 0 radical (unpaired) electrons. The van der Waals surface area contributed by atoms with Crippen LogP contribution in [0.1, 0.15) is 38.8 Å². The summed E-state index contributed by atoms with van der Waals surface area (Å²) in [6.45, 7) is 8.00. The van der Waals surface area contributed by atoms with Crippen LogP contribution in [0.15, 0.2) is 36.4 Å². The number of alkyl halides is 6. The van der Waals surface area contributed by atoms with Gasteiger partial charge in [-0.1, -0.05) is 39.8 Å². The number of hydrogen-bond donors (Lipinski definition) is 2. The molecular weight excluding hydrogens is 358 g/mol. The molecule has 0 aliphatic rings. The minimum atomic E-state index is -4.84. The summed E-state index contributed by atoms with van der Waals surface area (Å²) in [4.78, 5) is 0. The maximum Gasteiger partial charge on any atom is 0.417 e. The van der Waals surface area contributed by atoms with Gasteiger partial charge < -0.3 is 11.5 Å². The Balaban J connectivity index is 0.00000146. The second-order valence-electron chi connectivity index (χ2n) is 4.61. The van der Waals surface area contributed by atoms with Gasteiger partial charge in [0.15, 0.2) is 0 Å². The van der Waals surface area contributed by atoms with Crippen LogP contribution in [0.25, 0.3) is 11.1 Å². The number of hydrogen-bond acceptors (Lipinski definition) is 2. The number of nitrogens with two attached hydrogens (primary N) is 2. The smallest absolute Gasteiger partial charge is 0.399 e. The fourth-order valence-corrected chi connectivity index (χ4v) is 2.06. The van der Waals surface area contributed by atoms with E-state index in [0.29, 0.717) is 12.1 Å². The molecule has 0 bridgehead atoms. The quantitative estimate of drug-likeness (QED) is 0.432. The van der Waals surface area contributed by atoms with Gasteiger partial charge in [0, 0.05) is 11.4 Å². The van der Waals surface area contributed by atoms with Gasteiger partial charge in [0.1, 0.15) is 0 Å². The van der Waals surface area contributed by atoms with Crippen LogP contribution in [0, 0.1) is 0 Å². The zero-order valence-electron chi connectivity index (χ0n) is 14.9. The van der Waals surface area contributed by atoms with E-state index in [-0.39, 0.29) is 11.4 Å². The van der Waals surface area contributed by atoms with Gasteiger partial charge in [-0.15, -0.1) is 0 Å². The Hall–Kier alpha value is -2.38. The monoisotopic (exact) mass is 380 g/mol. The molecule has 0 saturated carbocycles. The maximum absolute atomic E-state index is 13.1. The molecule has 0 spiro atoms. The molecule has 0 unspecified atom stereocenters. The van der Waals surface area contributed by atoms with Gasteiger partial charge in [0.05, 0.1) is 11.1 Å². The predicted octanol–water partition coefficient (Wildman–Crippen LogP) is 6.61. The molecule has 2 nitrogen and oxygen atoms in total. The molecule has 0 saturated heterocycles. The van der Waals surface area contributed by atoms with Crippen molar-refractivity contribution in [3.05, 3.63) is 47.5 Å². The van der Waals surface area contributed by atoms with E-state index < -0.39 is 34.6 Å². The van der Waals surface area contributed by atoms with Crippen molar-refractivity contribution in [1.82, 2.24) is 0 Å². The lowest BCUT2D eigenvalue weighted by Crippen LogP contribution is -2.12. The van der Waals surface area contributed by atoms with Gasteiger partial charge in [-0.05, 0) is 35.4 Å². The molecule has 0 atom stereocenters. The third-order valence-corrected chi connectivity index (χ3v) is 2.99. The lowest BCUT2D eigenvalue weighted by molar-refractivity contribution is -0.139. The Bertz CT molecular complexity index is 644. The number of rotatable bonds is 1. The minimum absolute atomic E-state index is 0.194. The number of halogens is 6. The van der Waals surface area contributed by atoms with Gasteiger partial charge in [-0.25, -0.2) is 0 Å². The van der Waals surface area contributed by atoms with Gasteiger partial charge in [-0.2, -0.15) is 26.3 Å². The lowest BCUT2D eigenvalue weighted by Gasteiger charge is -2.18. The summed E-state index contributed by atoms with van der Waals surface area (Å²) >= 11 is 0. The zero-order chi connectivity index (χ0) is 20.7. The highest BCUT2D eigenvalue weighted by Gasteiger charge is 2.38. The van der Waals surface area contributed by atoms with Crippen molar-refractivity contribution in [2.24, 2.45) is 0 Å². The van der Waals surface area contributed by atoms with Crippen LogP contribution in [-0.2, 0) is 12.4 Å². The fourth-order valence-electron chi connectivity index (χ4n) is 2.06. The van der Waals surface area contributed by atoms with Crippen LogP contribution in [0.5, 0.6) is 0 Å². The summed E-state index contributed by atoms with van der Waals surface area (Å²) < 4.78 is 78.4. The Morgan fingerprint density at radius 1 is 0.577 bits per heavy atom. The van der Waals surface area contributed by atoms with Crippen LogP contribution in [-0.4, -0.2) is 0 Å². The summed E-state index contributed by atoms with van der Waals surface area (Å²) in [5.74, 6) is 0. The second-order valence-corrected chi connectivity index (χ2v) is 4.61. The molecule has 2 rings (SSSR count). The Morgan fingerprint density at radius 2 is 0.846 bits per heavy atom. The minimum Gasteiger partial charge on any atom is -0.399 e. The first-order chi connectivity index (χ1) is 12.0. The molecule has 2 aromatic carbocycles. The highest BCUT2D eigenvalue weighted by atomic mass is 19.4. The molecule has 2 aromatic rings. The summed E-state index contributed by atoms with van der Waals surface area (Å²) in [6.07, 6.45) is -9.68. The molecule has 0 aliphatic heterocycles. The Morgan fingerprint density at radius 3 is 1.08 bits per heavy atom. The van der Waals surface area contributed by atoms with Crippen LogP contribution >= 0.6 is 0 Å². The fraction of sp³-hybridized carbons (Fsp3) is 0.333. The summed E-state index contributed by atoms with van der Waals surface area (Å²) in [5, 5.41) is 0. The predicted molar refractivity (Wildman–Crippen MR) is 93.4 cm³/mol. The van der Waals surface area contributed by atoms with Crippen molar-refractivity contribution in [1.29, 1.82) is 0 Å². The zero-order valence-corrected chi connectivity index (χ0v) is 14.9. The Labute approximate surface area is 148 Å². The molecule has 0 aromatic heterocycles. The van der Waals surface area contributed by atoms with Gasteiger partial charge in [-0.3, -0.25) is 0 Å². The first-order valence-corrected chi connectivity index (χ1v) is 7.94. The van der Waals surface area contributed by atoms with E-state index in [9.17, 15) is 26.3 Å². The first-order valence-electron chi connectivity index (χ1n) is 7.94. The van der Waals surface area contributed by atoms with E-state index in [1.165, 1.54) is 0 Å². The summed E-state index contributed by atoms with van der Waals surface area (Å²) in [5.41, 5.74) is 6.55. The second kappa shape index (κ2) is 9.35. The average molecular weight is 380 g/mol. The molecule has 0 aliphatic carbocycles. The lowest BCUT2D eigenvalue weighted by atomic mass is 9.94. The van der Waals surface area contributed by atoms with Crippen LogP contribution in [0.4, 0.5) is 37.7 Å². The first kappa shape index (κ1) is 23.6. The van der Waals surface area contributed by atoms with Crippen molar-refractivity contribution in [3.63, 3.8) is 0 Å². The van der Waals surface area contributed by atoms with E-state index in [2.05, 4.69) is 0 Å². The van der Waals surface area contributed by atoms with E-state index >= 15 is 0 Å². The standard InChI is InChI=1S/C14H10F6N2.2C2H6/c15-13(16,17)11-5-7(21)1-3-9(11)10-4-2-8(22)6-12(10)14(18,19)20;2*1-2/h1-6H,21-22H2;2*1-2H3. The number of nitrogen functional groups attached to an aromatic ring is 2. The van der Waals surface area contributed by atoms with Crippen LogP contribution < -0.4 is 11.5 Å². The summed E-state index contributed by atoms with van der Waals surface area (Å²) in [6, 6.07) is 5.26. The molecule has 4 N–H and O–H groups in total. The molecule has 0 amide bonds. The van der Waals surface area contributed by atoms with E-state index in [4.69, 9.17) is 11.5 Å². The van der Waals surface area contributed by atoms with E-state index in [1.807, 2.05) is 27.7 Å². The van der Waals surface area contributed by atoms with E-state index in [1.54, 1.807) is 0 Å². The molecule has 146 valence electrons. The summed E-state index contributed by atoms with van der Waals surface area (Å²) in [7, 11) is 0. The van der Waals surface area contributed by atoms with Crippen molar-refractivity contribution in [3.8, 4) is 11.1 Å². The molecule has 0 heterocycles. The van der Waals surface area contributed by atoms with E-state index in [0.717, 1.165) is 24.3 Å². The molecule has 0 fully saturated rings. The SMILES string of the molecule is CC.CC.Nc1ccc(-c2ccc(N)cc2C(F)(F)F)c(C(F)(F)F)c1. The van der Waals surface area contributed by atoms with Crippen LogP contribution in [0.3, 0.4) is 0 Å². The van der Waals surface area contributed by atoms with Crippen LogP contribution in [0.2, 0.25) is 0 Å². The largest absolute Gasteiger partial charge is 0.417 e. The number of benzene rings is 2. The molecule has 8 heteroatoms. The van der Waals surface area contributed by atoms with Crippen molar-refractivity contribution < 1.29 is 26.3 Å². The topological polar surface area (TPSA) is 52.0 Å². The highest BCUT2D eigenvalue weighted by Crippen LogP contribution is 2.43. The van der Waals surface area contributed by atoms with Crippen molar-refractivity contribution >= 4 is 11.4 Å². The maximum atomic E-state index is 13.1. The normalized spacial score (nSPS) is 11.0. The van der Waals surface area contributed by atoms with Crippen molar-refractivity contribution in [2.75, 3.05) is 11.5 Å². The average Bonchev–Trinajstić information content (AvgIpc) is 2.57. The van der Waals surface area contributed by atoms with Gasteiger partial charge in [0.25, 0.3) is 0 Å². The highest BCUT2D eigenvalue weighted by molar-refractivity contribution is 5.75. The number of anilines is 2. The Kier molecular flexibility index (Phi) is 8.50.